The number of aromatic amines is 1. The minimum Gasteiger partial charge on any atom is -0.353 e. The maximum atomic E-state index is 13.5. The molecule has 5 nitrogen and oxygen atoms in total. The summed E-state index contributed by atoms with van der Waals surface area (Å²) >= 11 is 0. The Morgan fingerprint density at radius 3 is 2.43 bits per heavy atom. The van der Waals surface area contributed by atoms with E-state index in [9.17, 15) is 8.42 Å². The molecule has 3 heterocycles. The number of hydrogen-bond donors (Lipinski definition) is 1. The lowest BCUT2D eigenvalue weighted by Gasteiger charge is -2.11. The van der Waals surface area contributed by atoms with Crippen LogP contribution in [0.1, 0.15) is 5.56 Å². The first kappa shape index (κ1) is 16.8. The average Bonchev–Trinajstić information content (AvgIpc) is 3.30. The zero-order valence-corrected chi connectivity index (χ0v) is 15.9. The van der Waals surface area contributed by atoms with Crippen LogP contribution in [0.5, 0.6) is 0 Å². The second-order valence-electron chi connectivity index (χ2n) is 6.80. The number of H-pyrrole nitrogens is 1. The summed E-state index contributed by atoms with van der Waals surface area (Å²) in [7, 11) is -3.82. The van der Waals surface area contributed by atoms with Crippen LogP contribution in [0.15, 0.2) is 83.9 Å². The van der Waals surface area contributed by atoms with Gasteiger partial charge in [0, 0.05) is 22.5 Å². The van der Waals surface area contributed by atoms with Gasteiger partial charge < -0.3 is 4.98 Å². The highest BCUT2D eigenvalue weighted by Crippen LogP contribution is 2.32. The van der Waals surface area contributed by atoms with Gasteiger partial charge in [0.25, 0.3) is 10.0 Å². The lowest BCUT2D eigenvalue weighted by atomic mass is 10.2. The summed E-state index contributed by atoms with van der Waals surface area (Å²) in [5, 5.41) is 1.79. The molecule has 5 rings (SSSR count). The predicted octanol–water partition coefficient (Wildman–Crippen LogP) is 4.73. The van der Waals surface area contributed by atoms with E-state index in [-0.39, 0.29) is 4.90 Å². The molecule has 0 saturated heterocycles. The van der Waals surface area contributed by atoms with Gasteiger partial charge in [-0.15, -0.1) is 0 Å². The molecule has 5 aromatic rings. The summed E-state index contributed by atoms with van der Waals surface area (Å²) in [5.41, 5.74) is 3.66. The van der Waals surface area contributed by atoms with Crippen LogP contribution in [0, 0.1) is 6.92 Å². The Balaban J connectivity index is 1.82. The summed E-state index contributed by atoms with van der Waals surface area (Å²) in [6.07, 6.45) is 1.61. The van der Waals surface area contributed by atoms with E-state index in [0.717, 1.165) is 27.5 Å². The zero-order chi connectivity index (χ0) is 19.3. The smallest absolute Gasteiger partial charge is 0.269 e. The van der Waals surface area contributed by atoms with Crippen LogP contribution in [-0.4, -0.2) is 22.4 Å². The first-order chi connectivity index (χ1) is 13.5. The third-order valence-corrected chi connectivity index (χ3v) is 6.60. The van der Waals surface area contributed by atoms with Crippen LogP contribution in [0.25, 0.3) is 33.3 Å². The normalized spacial score (nSPS) is 12.0. The van der Waals surface area contributed by atoms with Crippen molar-refractivity contribution in [2.45, 2.75) is 11.8 Å². The fraction of sp³-hybridized carbons (Fsp3) is 0.0455. The van der Waals surface area contributed by atoms with Crippen molar-refractivity contribution in [1.29, 1.82) is 0 Å². The van der Waals surface area contributed by atoms with Crippen LogP contribution in [0.2, 0.25) is 0 Å². The Hall–Kier alpha value is -3.38. The molecule has 0 spiro atoms. The molecule has 0 atom stereocenters. The highest BCUT2D eigenvalue weighted by Gasteiger charge is 2.25. The highest BCUT2D eigenvalue weighted by molar-refractivity contribution is 7.90. The predicted molar refractivity (Wildman–Crippen MR) is 111 cm³/mol. The maximum absolute atomic E-state index is 13.5. The molecule has 6 heteroatoms. The molecular weight excluding hydrogens is 370 g/mol. The summed E-state index contributed by atoms with van der Waals surface area (Å²) < 4.78 is 28.4. The van der Waals surface area contributed by atoms with Crippen LogP contribution < -0.4 is 0 Å². The molecule has 0 aliphatic heterocycles. The number of pyridine rings is 1. The van der Waals surface area contributed by atoms with Gasteiger partial charge in [0.15, 0.2) is 5.65 Å². The van der Waals surface area contributed by atoms with Gasteiger partial charge in [0.1, 0.15) is 0 Å². The molecule has 3 aromatic heterocycles. The van der Waals surface area contributed by atoms with E-state index >= 15 is 0 Å². The molecular formula is C22H17N3O2S. The van der Waals surface area contributed by atoms with Gasteiger partial charge in [-0.25, -0.2) is 17.4 Å². The second kappa shape index (κ2) is 6.07. The number of nitrogens with zero attached hydrogens (tertiary/aromatic N) is 2. The van der Waals surface area contributed by atoms with Crippen LogP contribution in [0.4, 0.5) is 0 Å². The van der Waals surface area contributed by atoms with Gasteiger partial charge in [-0.3, -0.25) is 0 Å². The number of fused-ring (bicyclic) bond motifs is 2. The summed E-state index contributed by atoms with van der Waals surface area (Å²) in [5.74, 6) is 0. The number of para-hydroxylation sites is 1. The van der Waals surface area contributed by atoms with Gasteiger partial charge in [0.2, 0.25) is 0 Å². The highest BCUT2D eigenvalue weighted by atomic mass is 32.2. The first-order valence-electron chi connectivity index (χ1n) is 8.91. The van der Waals surface area contributed by atoms with Crippen LogP contribution >= 0.6 is 0 Å². The maximum Gasteiger partial charge on any atom is 0.269 e. The van der Waals surface area contributed by atoms with Gasteiger partial charge in [-0.2, -0.15) is 0 Å². The number of aromatic nitrogens is 3. The fourth-order valence-corrected chi connectivity index (χ4v) is 4.95. The van der Waals surface area contributed by atoms with E-state index in [1.165, 1.54) is 3.97 Å². The number of rotatable bonds is 3. The van der Waals surface area contributed by atoms with Crippen molar-refractivity contribution in [2.24, 2.45) is 0 Å². The Kier molecular flexibility index (Phi) is 3.64. The van der Waals surface area contributed by atoms with Crippen molar-refractivity contribution in [3.8, 4) is 11.4 Å². The molecule has 0 radical (unpaired) electrons. The molecule has 0 aliphatic rings. The Bertz CT molecular complexity index is 1400. The van der Waals surface area contributed by atoms with E-state index in [1.807, 2.05) is 49.4 Å². The zero-order valence-electron chi connectivity index (χ0n) is 15.1. The van der Waals surface area contributed by atoms with Crippen LogP contribution in [-0.2, 0) is 10.0 Å². The summed E-state index contributed by atoms with van der Waals surface area (Å²) in [6.45, 7) is 1.93. The van der Waals surface area contributed by atoms with E-state index in [1.54, 1.807) is 36.5 Å². The van der Waals surface area contributed by atoms with Gasteiger partial charge in [-0.1, -0.05) is 35.9 Å². The molecule has 0 unspecified atom stereocenters. The number of hydrogen-bond acceptors (Lipinski definition) is 3. The standard InChI is InChI=1S/C22H17N3O2S/c1-15-8-10-18(11-9-15)28(26,27)25-21(14-17-6-4-12-23-22(17)25)20-13-16-5-2-3-7-19(16)24-20/h2-14,24H,1H3. The minimum absolute atomic E-state index is 0.235. The van der Waals surface area contributed by atoms with Crippen molar-refractivity contribution in [3.63, 3.8) is 0 Å². The number of aryl methyl sites for hydroxylation is 1. The Morgan fingerprint density at radius 2 is 1.64 bits per heavy atom. The Labute approximate surface area is 162 Å². The van der Waals surface area contributed by atoms with E-state index in [4.69, 9.17) is 0 Å². The van der Waals surface area contributed by atoms with Gasteiger partial charge in [-0.05, 0) is 49.4 Å². The topological polar surface area (TPSA) is 67.8 Å². The molecule has 0 amide bonds. The molecule has 28 heavy (non-hydrogen) atoms. The summed E-state index contributed by atoms with van der Waals surface area (Å²) in [6, 6.07) is 22.2. The number of benzene rings is 2. The lowest BCUT2D eigenvalue weighted by molar-refractivity contribution is 0.589. The van der Waals surface area contributed by atoms with Crippen molar-refractivity contribution in [2.75, 3.05) is 0 Å². The van der Waals surface area contributed by atoms with E-state index < -0.39 is 10.0 Å². The average molecular weight is 387 g/mol. The quantitative estimate of drug-likeness (QED) is 0.487. The molecule has 0 saturated carbocycles. The van der Waals surface area contributed by atoms with E-state index in [2.05, 4.69) is 9.97 Å². The van der Waals surface area contributed by atoms with Gasteiger partial charge >= 0.3 is 0 Å². The largest absolute Gasteiger partial charge is 0.353 e. The molecule has 0 aliphatic carbocycles. The monoisotopic (exact) mass is 387 g/mol. The van der Waals surface area contributed by atoms with Crippen molar-refractivity contribution in [1.82, 2.24) is 13.9 Å². The van der Waals surface area contributed by atoms with Crippen molar-refractivity contribution < 1.29 is 8.42 Å². The number of nitrogens with one attached hydrogen (secondary N) is 1. The third-order valence-electron chi connectivity index (χ3n) is 4.89. The SMILES string of the molecule is Cc1ccc(S(=O)(=O)n2c(-c3cc4ccccc4[nH]3)cc3cccnc32)cc1. The second-order valence-corrected chi connectivity index (χ2v) is 8.59. The van der Waals surface area contributed by atoms with Gasteiger partial charge in [0.05, 0.1) is 16.3 Å². The molecule has 0 bridgehead atoms. The summed E-state index contributed by atoms with van der Waals surface area (Å²) in [4.78, 5) is 7.93. The van der Waals surface area contributed by atoms with Crippen LogP contribution in [0.3, 0.4) is 0 Å². The molecule has 138 valence electrons. The van der Waals surface area contributed by atoms with E-state index in [0.29, 0.717) is 11.3 Å². The Morgan fingerprint density at radius 1 is 0.893 bits per heavy atom. The third kappa shape index (κ3) is 2.53. The minimum atomic E-state index is -3.82. The first-order valence-corrected chi connectivity index (χ1v) is 10.3. The van der Waals surface area contributed by atoms with Crippen molar-refractivity contribution >= 4 is 32.0 Å². The fourth-order valence-electron chi connectivity index (χ4n) is 3.47. The molecule has 1 N–H and O–H groups in total. The molecule has 2 aromatic carbocycles. The molecule has 0 fully saturated rings. The van der Waals surface area contributed by atoms with Crippen molar-refractivity contribution in [3.05, 3.63) is 84.6 Å². The lowest BCUT2D eigenvalue weighted by Crippen LogP contribution is -2.14.